The van der Waals surface area contributed by atoms with Crippen LogP contribution in [0.4, 0.5) is 0 Å². The minimum Gasteiger partial charge on any atom is -0.488 e. The summed E-state index contributed by atoms with van der Waals surface area (Å²) in [5.41, 5.74) is 0.639. The summed E-state index contributed by atoms with van der Waals surface area (Å²) in [7, 11) is -0.406. The molecular formula is C13H22N2O3S. The van der Waals surface area contributed by atoms with Crippen molar-refractivity contribution in [1.29, 1.82) is 0 Å². The maximum atomic E-state index is 11.5. The monoisotopic (exact) mass is 286 g/mol. The van der Waals surface area contributed by atoms with Gasteiger partial charge in [0.1, 0.15) is 11.4 Å². The van der Waals surface area contributed by atoms with E-state index < -0.39 is 10.2 Å². The molecule has 0 aliphatic heterocycles. The smallest absolute Gasteiger partial charge is 0.279 e. The number of nitrogens with one attached hydrogen (secondary N) is 1. The van der Waals surface area contributed by atoms with Gasteiger partial charge in [0.25, 0.3) is 10.2 Å². The van der Waals surface area contributed by atoms with Crippen LogP contribution >= 0.6 is 0 Å². The molecule has 0 unspecified atom stereocenters. The van der Waals surface area contributed by atoms with Gasteiger partial charge in [-0.05, 0) is 38.5 Å². The first-order chi connectivity index (χ1) is 8.60. The van der Waals surface area contributed by atoms with Crippen molar-refractivity contribution in [2.45, 2.75) is 32.9 Å². The summed E-state index contributed by atoms with van der Waals surface area (Å²) in [5.74, 6) is 0.770. The van der Waals surface area contributed by atoms with Gasteiger partial charge < -0.3 is 4.74 Å². The van der Waals surface area contributed by atoms with Crippen molar-refractivity contribution in [3.05, 3.63) is 29.8 Å². The first-order valence-corrected chi connectivity index (χ1v) is 7.49. The average Bonchev–Trinajstić information content (AvgIpc) is 2.26. The highest BCUT2D eigenvalue weighted by atomic mass is 32.2. The van der Waals surface area contributed by atoms with E-state index in [0.717, 1.165) is 15.6 Å². The third kappa shape index (κ3) is 5.59. The van der Waals surface area contributed by atoms with Crippen LogP contribution in [0.15, 0.2) is 24.3 Å². The van der Waals surface area contributed by atoms with Crippen molar-refractivity contribution in [3.8, 4) is 5.75 Å². The normalized spacial score (nSPS) is 12.7. The molecule has 1 aromatic rings. The molecule has 1 aromatic carbocycles. The lowest BCUT2D eigenvalue weighted by molar-refractivity contribution is 0.131. The van der Waals surface area contributed by atoms with Crippen LogP contribution in [-0.2, 0) is 16.8 Å². The lowest BCUT2D eigenvalue weighted by Crippen LogP contribution is -2.35. The van der Waals surface area contributed by atoms with Gasteiger partial charge in [0.05, 0.1) is 0 Å². The van der Waals surface area contributed by atoms with Gasteiger partial charge in [0, 0.05) is 20.6 Å². The van der Waals surface area contributed by atoms with Crippen molar-refractivity contribution in [1.82, 2.24) is 9.03 Å². The molecule has 6 heteroatoms. The number of hydrogen-bond acceptors (Lipinski definition) is 3. The number of nitrogens with zero attached hydrogens (tertiary/aromatic N) is 1. The van der Waals surface area contributed by atoms with Crippen molar-refractivity contribution in [2.24, 2.45) is 0 Å². The van der Waals surface area contributed by atoms with Crippen LogP contribution in [0.2, 0.25) is 0 Å². The standard InChI is InChI=1S/C13H22N2O3S/c1-13(2,3)18-12-8-6-11(7-9-12)10-14-19(16,17)15(4)5/h6-9,14H,10H2,1-5H3. The summed E-state index contributed by atoms with van der Waals surface area (Å²) < 4.78 is 32.4. The zero-order valence-corrected chi connectivity index (χ0v) is 12.9. The Labute approximate surface area is 115 Å². The minimum atomic E-state index is -3.38. The van der Waals surface area contributed by atoms with Crippen LogP contribution in [0.5, 0.6) is 5.75 Å². The summed E-state index contributed by atoms with van der Waals surface area (Å²) in [5, 5.41) is 0. The van der Waals surface area contributed by atoms with Crippen molar-refractivity contribution in [2.75, 3.05) is 14.1 Å². The van der Waals surface area contributed by atoms with Gasteiger partial charge in [-0.15, -0.1) is 0 Å². The Morgan fingerprint density at radius 1 is 1.16 bits per heavy atom. The van der Waals surface area contributed by atoms with Gasteiger partial charge in [0.15, 0.2) is 0 Å². The minimum absolute atomic E-state index is 0.242. The second-order valence-corrected chi connectivity index (χ2v) is 7.44. The van der Waals surface area contributed by atoms with Gasteiger partial charge in [-0.25, -0.2) is 0 Å². The van der Waals surface area contributed by atoms with Crippen LogP contribution in [0, 0.1) is 0 Å². The first kappa shape index (κ1) is 15.9. The van der Waals surface area contributed by atoms with Gasteiger partial charge in [-0.3, -0.25) is 0 Å². The highest BCUT2D eigenvalue weighted by molar-refractivity contribution is 7.87. The van der Waals surface area contributed by atoms with Gasteiger partial charge in [0.2, 0.25) is 0 Å². The maximum absolute atomic E-state index is 11.5. The van der Waals surface area contributed by atoms with Crippen LogP contribution in [0.25, 0.3) is 0 Å². The molecule has 0 aliphatic carbocycles. The van der Waals surface area contributed by atoms with E-state index in [1.165, 1.54) is 14.1 Å². The predicted molar refractivity (Wildman–Crippen MR) is 76.3 cm³/mol. The third-order valence-corrected chi connectivity index (χ3v) is 3.76. The zero-order valence-electron chi connectivity index (χ0n) is 12.1. The molecule has 0 amide bonds. The van der Waals surface area contributed by atoms with Crippen molar-refractivity contribution < 1.29 is 13.2 Å². The summed E-state index contributed by atoms with van der Waals surface area (Å²) in [6.45, 7) is 6.20. The molecule has 0 aliphatic rings. The molecule has 1 rings (SSSR count). The number of hydrogen-bond donors (Lipinski definition) is 1. The lowest BCUT2D eigenvalue weighted by Gasteiger charge is -2.21. The Morgan fingerprint density at radius 3 is 2.11 bits per heavy atom. The molecule has 108 valence electrons. The fourth-order valence-electron chi connectivity index (χ4n) is 1.33. The predicted octanol–water partition coefficient (Wildman–Crippen LogP) is 1.76. The van der Waals surface area contributed by atoms with E-state index in [0.29, 0.717) is 0 Å². The van der Waals surface area contributed by atoms with Crippen molar-refractivity contribution in [3.63, 3.8) is 0 Å². The highest BCUT2D eigenvalue weighted by Crippen LogP contribution is 2.18. The van der Waals surface area contributed by atoms with Crippen LogP contribution in [0.1, 0.15) is 26.3 Å². The van der Waals surface area contributed by atoms with Gasteiger partial charge >= 0.3 is 0 Å². The summed E-state index contributed by atoms with van der Waals surface area (Å²) in [6, 6.07) is 7.37. The van der Waals surface area contributed by atoms with E-state index >= 15 is 0 Å². The molecule has 1 N–H and O–H groups in total. The molecule has 0 saturated heterocycles. The summed E-state index contributed by atoms with van der Waals surface area (Å²) in [6.07, 6.45) is 0. The largest absolute Gasteiger partial charge is 0.488 e. The quantitative estimate of drug-likeness (QED) is 0.897. The van der Waals surface area contributed by atoms with Crippen LogP contribution in [-0.4, -0.2) is 32.4 Å². The number of benzene rings is 1. The second kappa shape index (κ2) is 5.90. The van der Waals surface area contributed by atoms with Crippen LogP contribution in [0.3, 0.4) is 0 Å². The summed E-state index contributed by atoms with van der Waals surface area (Å²) >= 11 is 0. The first-order valence-electron chi connectivity index (χ1n) is 6.05. The van der Waals surface area contributed by atoms with Gasteiger partial charge in [-0.2, -0.15) is 17.4 Å². The fraction of sp³-hybridized carbons (Fsp3) is 0.538. The Balaban J connectivity index is 2.63. The Bertz CT molecular complexity index is 502. The number of ether oxygens (including phenoxy) is 1. The molecule has 0 heterocycles. The number of rotatable bonds is 5. The van der Waals surface area contributed by atoms with Gasteiger partial charge in [-0.1, -0.05) is 12.1 Å². The van der Waals surface area contributed by atoms with E-state index in [1.807, 2.05) is 45.0 Å². The highest BCUT2D eigenvalue weighted by Gasteiger charge is 2.13. The topological polar surface area (TPSA) is 58.6 Å². The Kier molecular flexibility index (Phi) is 4.95. The lowest BCUT2D eigenvalue weighted by atomic mass is 10.2. The summed E-state index contributed by atoms with van der Waals surface area (Å²) in [4.78, 5) is 0. The molecule has 0 saturated carbocycles. The third-order valence-electron chi connectivity index (χ3n) is 2.29. The van der Waals surface area contributed by atoms with Crippen molar-refractivity contribution >= 4 is 10.2 Å². The average molecular weight is 286 g/mol. The molecular weight excluding hydrogens is 264 g/mol. The van der Waals surface area contributed by atoms with E-state index in [-0.39, 0.29) is 12.1 Å². The molecule has 0 spiro atoms. The van der Waals surface area contributed by atoms with E-state index in [2.05, 4.69) is 4.72 Å². The fourth-order valence-corrected chi connectivity index (χ4v) is 1.94. The van der Waals surface area contributed by atoms with E-state index in [9.17, 15) is 8.42 Å². The SMILES string of the molecule is CN(C)S(=O)(=O)NCc1ccc(OC(C)(C)C)cc1. The molecule has 19 heavy (non-hydrogen) atoms. The Morgan fingerprint density at radius 2 is 1.68 bits per heavy atom. The molecule has 0 bridgehead atoms. The molecule has 0 radical (unpaired) electrons. The van der Waals surface area contributed by atoms with E-state index in [4.69, 9.17) is 4.74 Å². The zero-order chi connectivity index (χ0) is 14.7. The van der Waals surface area contributed by atoms with E-state index in [1.54, 1.807) is 0 Å². The second-order valence-electron chi connectivity index (χ2n) is 5.47. The maximum Gasteiger partial charge on any atom is 0.279 e. The molecule has 0 atom stereocenters. The van der Waals surface area contributed by atoms with Crippen LogP contribution < -0.4 is 9.46 Å². The Hall–Kier alpha value is -1.11. The molecule has 5 nitrogen and oxygen atoms in total. The molecule has 0 aromatic heterocycles. The molecule has 0 fully saturated rings.